The lowest BCUT2D eigenvalue weighted by Crippen LogP contribution is -2.17. The lowest BCUT2D eigenvalue weighted by molar-refractivity contribution is -0.110. The van der Waals surface area contributed by atoms with E-state index >= 15 is 0 Å². The van der Waals surface area contributed by atoms with Gasteiger partial charge in [0.05, 0.1) is 11.8 Å². The van der Waals surface area contributed by atoms with Crippen LogP contribution in [0.15, 0.2) is 23.4 Å². The third-order valence-corrected chi connectivity index (χ3v) is 1.68. The molecule has 0 aliphatic heterocycles. The van der Waals surface area contributed by atoms with Gasteiger partial charge in [-0.15, -0.1) is 0 Å². The van der Waals surface area contributed by atoms with E-state index < -0.39 is 0 Å². The first kappa shape index (κ1) is 11.8. The van der Waals surface area contributed by atoms with Crippen molar-refractivity contribution in [1.82, 2.24) is 10.3 Å². The fourth-order valence-electron chi connectivity index (χ4n) is 0.928. The zero-order valence-electron chi connectivity index (χ0n) is 9.02. The number of hydrazone groups is 1. The molecule has 0 aromatic carbocycles. The van der Waals surface area contributed by atoms with Gasteiger partial charge in [-0.1, -0.05) is 0 Å². The molecule has 0 radical (unpaired) electrons. The third-order valence-electron chi connectivity index (χ3n) is 1.68. The normalized spacial score (nSPS) is 10.1. The standard InChI is InChI=1S/C10H12N4O2/c1-7(15)5-13-14-9-4-3-8(6-12-9)10(16)11-2/h3-6H,1-2H3,(H,11,16)(H,12,14)/b13-5-. The second kappa shape index (κ2) is 5.59. The molecule has 6 nitrogen and oxygen atoms in total. The molecule has 0 aliphatic rings. The highest BCUT2D eigenvalue weighted by Crippen LogP contribution is 2.04. The summed E-state index contributed by atoms with van der Waals surface area (Å²) in [6.07, 6.45) is 2.57. The Labute approximate surface area is 92.8 Å². The molecule has 16 heavy (non-hydrogen) atoms. The number of anilines is 1. The summed E-state index contributed by atoms with van der Waals surface area (Å²) in [4.78, 5) is 25.7. The van der Waals surface area contributed by atoms with Gasteiger partial charge >= 0.3 is 0 Å². The number of hydrogen-bond donors (Lipinski definition) is 2. The number of amides is 1. The van der Waals surface area contributed by atoms with Crippen molar-refractivity contribution in [2.24, 2.45) is 5.10 Å². The van der Waals surface area contributed by atoms with E-state index in [-0.39, 0.29) is 11.7 Å². The van der Waals surface area contributed by atoms with Gasteiger partial charge in [0.2, 0.25) is 0 Å². The molecule has 2 N–H and O–H groups in total. The Bertz CT molecular complexity index is 411. The number of hydrogen-bond acceptors (Lipinski definition) is 5. The van der Waals surface area contributed by atoms with E-state index in [4.69, 9.17) is 0 Å². The van der Waals surface area contributed by atoms with Gasteiger partial charge < -0.3 is 5.32 Å². The quantitative estimate of drug-likeness (QED) is 0.569. The minimum absolute atomic E-state index is 0.158. The summed E-state index contributed by atoms with van der Waals surface area (Å²) in [5.41, 5.74) is 3.03. The van der Waals surface area contributed by atoms with E-state index in [2.05, 4.69) is 20.8 Å². The highest BCUT2D eigenvalue weighted by atomic mass is 16.1. The zero-order valence-corrected chi connectivity index (χ0v) is 9.02. The van der Waals surface area contributed by atoms with Gasteiger partial charge in [-0.2, -0.15) is 5.10 Å². The average molecular weight is 220 g/mol. The summed E-state index contributed by atoms with van der Waals surface area (Å²) >= 11 is 0. The summed E-state index contributed by atoms with van der Waals surface area (Å²) in [5.74, 6) is 0.103. The Morgan fingerprint density at radius 2 is 2.19 bits per heavy atom. The summed E-state index contributed by atoms with van der Waals surface area (Å²) < 4.78 is 0. The molecule has 0 aliphatic carbocycles. The molecule has 0 saturated heterocycles. The van der Waals surface area contributed by atoms with Crippen molar-refractivity contribution < 1.29 is 9.59 Å². The van der Waals surface area contributed by atoms with Gasteiger partial charge in [-0.05, 0) is 12.1 Å². The Morgan fingerprint density at radius 1 is 1.44 bits per heavy atom. The predicted molar refractivity (Wildman–Crippen MR) is 60.4 cm³/mol. The molecule has 84 valence electrons. The van der Waals surface area contributed by atoms with Gasteiger partial charge in [-0.25, -0.2) is 4.98 Å². The van der Waals surface area contributed by atoms with Gasteiger partial charge in [-0.3, -0.25) is 15.0 Å². The van der Waals surface area contributed by atoms with Crippen LogP contribution in [0, 0.1) is 0 Å². The molecule has 0 spiro atoms. The predicted octanol–water partition coefficient (Wildman–Crippen LogP) is 0.428. The second-order valence-corrected chi connectivity index (χ2v) is 2.99. The molecular formula is C10H12N4O2. The van der Waals surface area contributed by atoms with Crippen LogP contribution in [0.1, 0.15) is 17.3 Å². The van der Waals surface area contributed by atoms with Gasteiger partial charge in [0.1, 0.15) is 5.82 Å². The molecule has 1 aromatic heterocycles. The van der Waals surface area contributed by atoms with Crippen molar-refractivity contribution in [1.29, 1.82) is 0 Å². The monoisotopic (exact) mass is 220 g/mol. The zero-order chi connectivity index (χ0) is 12.0. The number of ketones is 1. The first-order chi connectivity index (χ1) is 7.63. The lowest BCUT2D eigenvalue weighted by Gasteiger charge is -2.01. The van der Waals surface area contributed by atoms with E-state index in [0.29, 0.717) is 11.4 Å². The first-order valence-corrected chi connectivity index (χ1v) is 4.61. The van der Waals surface area contributed by atoms with E-state index in [1.807, 2.05) is 0 Å². The van der Waals surface area contributed by atoms with Gasteiger partial charge in [0, 0.05) is 20.2 Å². The van der Waals surface area contributed by atoms with Crippen LogP contribution in [0.3, 0.4) is 0 Å². The average Bonchev–Trinajstić information content (AvgIpc) is 2.28. The number of carbonyl (C=O) groups is 2. The van der Waals surface area contributed by atoms with Gasteiger partial charge in [0.25, 0.3) is 5.91 Å². The smallest absolute Gasteiger partial charge is 0.252 e. The number of rotatable bonds is 4. The van der Waals surface area contributed by atoms with Crippen LogP contribution in [0.25, 0.3) is 0 Å². The number of aromatic nitrogens is 1. The van der Waals surface area contributed by atoms with Crippen molar-refractivity contribution in [2.45, 2.75) is 6.92 Å². The molecule has 6 heteroatoms. The van der Waals surface area contributed by atoms with Crippen LogP contribution < -0.4 is 10.7 Å². The molecule has 1 heterocycles. The van der Waals surface area contributed by atoms with Crippen molar-refractivity contribution in [3.05, 3.63) is 23.9 Å². The van der Waals surface area contributed by atoms with E-state index in [9.17, 15) is 9.59 Å². The largest absolute Gasteiger partial charge is 0.355 e. The maximum absolute atomic E-state index is 11.2. The molecule has 1 rings (SSSR count). The van der Waals surface area contributed by atoms with Gasteiger partial charge in [0.15, 0.2) is 5.78 Å². The van der Waals surface area contributed by atoms with Crippen molar-refractivity contribution in [3.8, 4) is 0 Å². The molecule has 0 unspecified atom stereocenters. The van der Waals surface area contributed by atoms with Crippen LogP contribution >= 0.6 is 0 Å². The van der Waals surface area contributed by atoms with Crippen LogP contribution in [0.5, 0.6) is 0 Å². The topological polar surface area (TPSA) is 83.5 Å². The summed E-state index contributed by atoms with van der Waals surface area (Å²) in [5, 5.41) is 6.13. The maximum Gasteiger partial charge on any atom is 0.252 e. The Balaban J connectivity index is 2.65. The number of pyridine rings is 1. The Morgan fingerprint density at radius 3 is 2.69 bits per heavy atom. The number of Topliss-reactive ketones (excluding diaryl/α,β-unsaturated/α-hetero) is 1. The van der Waals surface area contributed by atoms with Crippen LogP contribution in [0.4, 0.5) is 5.82 Å². The third kappa shape index (κ3) is 3.49. The van der Waals surface area contributed by atoms with Crippen molar-refractivity contribution in [3.63, 3.8) is 0 Å². The van der Waals surface area contributed by atoms with Crippen LogP contribution in [0.2, 0.25) is 0 Å². The van der Waals surface area contributed by atoms with E-state index in [1.165, 1.54) is 13.1 Å². The second-order valence-electron chi connectivity index (χ2n) is 2.99. The molecule has 0 bridgehead atoms. The minimum Gasteiger partial charge on any atom is -0.355 e. The number of carbonyl (C=O) groups excluding carboxylic acids is 2. The summed E-state index contributed by atoms with van der Waals surface area (Å²) in [6, 6.07) is 3.21. The maximum atomic E-state index is 11.2. The molecule has 0 saturated carbocycles. The van der Waals surface area contributed by atoms with Crippen LogP contribution in [-0.4, -0.2) is 29.9 Å². The van der Waals surface area contributed by atoms with E-state index in [0.717, 1.165) is 6.21 Å². The Kier molecular flexibility index (Phi) is 4.14. The SMILES string of the molecule is CNC(=O)c1ccc(N/N=C\C(C)=O)nc1. The number of nitrogens with one attached hydrogen (secondary N) is 2. The fraction of sp³-hybridized carbons (Fsp3) is 0.200. The van der Waals surface area contributed by atoms with E-state index in [1.54, 1.807) is 19.2 Å². The Hall–Kier alpha value is -2.24. The highest BCUT2D eigenvalue weighted by molar-refractivity contribution is 6.26. The molecule has 0 fully saturated rings. The molecule has 1 aromatic rings. The number of nitrogens with zero attached hydrogens (tertiary/aromatic N) is 2. The minimum atomic E-state index is -0.203. The lowest BCUT2D eigenvalue weighted by atomic mass is 10.3. The molecular weight excluding hydrogens is 208 g/mol. The summed E-state index contributed by atoms with van der Waals surface area (Å²) in [7, 11) is 1.55. The molecule has 1 amide bonds. The summed E-state index contributed by atoms with van der Waals surface area (Å²) in [6.45, 7) is 1.40. The first-order valence-electron chi connectivity index (χ1n) is 4.61. The molecule has 0 atom stereocenters. The highest BCUT2D eigenvalue weighted by Gasteiger charge is 2.02. The van der Waals surface area contributed by atoms with Crippen molar-refractivity contribution in [2.75, 3.05) is 12.5 Å². The van der Waals surface area contributed by atoms with Crippen molar-refractivity contribution >= 4 is 23.7 Å². The van der Waals surface area contributed by atoms with Crippen LogP contribution in [-0.2, 0) is 4.79 Å². The fourth-order valence-corrected chi connectivity index (χ4v) is 0.928.